The monoisotopic (exact) mass is 349 g/mol. The second-order valence-corrected chi connectivity index (χ2v) is 4.92. The Hall–Kier alpha value is -0.390. The van der Waals surface area contributed by atoms with E-state index >= 15 is 0 Å². The number of alkyl halides is 1. The van der Waals surface area contributed by atoms with Crippen LogP contribution in [-0.2, 0) is 5.88 Å². The maximum atomic E-state index is 5.66. The maximum Gasteiger partial charge on any atom is 0.0979 e. The molecule has 2 aromatic rings. The summed E-state index contributed by atoms with van der Waals surface area (Å²) in [4.78, 5) is 0. The Morgan fingerprint density at radius 2 is 2.13 bits per heavy atom. The fourth-order valence-corrected chi connectivity index (χ4v) is 2.04. The van der Waals surface area contributed by atoms with Crippen molar-refractivity contribution in [2.75, 3.05) is 0 Å². The minimum absolute atomic E-state index is 0.367. The molecule has 0 saturated heterocycles. The van der Waals surface area contributed by atoms with Crippen LogP contribution in [0.1, 0.15) is 5.69 Å². The van der Waals surface area contributed by atoms with Crippen LogP contribution in [0.3, 0.4) is 0 Å². The predicted octanol–water partition coefficient (Wildman–Crippen LogP) is 3.53. The van der Waals surface area contributed by atoms with Crippen molar-refractivity contribution in [2.24, 2.45) is 0 Å². The molecule has 6 heteroatoms. The van der Waals surface area contributed by atoms with Gasteiger partial charge in [-0.3, -0.25) is 0 Å². The van der Waals surface area contributed by atoms with Gasteiger partial charge in [-0.25, -0.2) is 4.68 Å². The lowest BCUT2D eigenvalue weighted by atomic mass is 10.3. The van der Waals surface area contributed by atoms with Crippen molar-refractivity contribution in [3.8, 4) is 5.69 Å². The summed E-state index contributed by atoms with van der Waals surface area (Å²) < 4.78 is 3.63. The maximum absolute atomic E-state index is 5.66. The summed E-state index contributed by atoms with van der Waals surface area (Å²) in [6, 6.07) is 5.85. The van der Waals surface area contributed by atoms with Gasteiger partial charge in [-0.2, -0.15) is 0 Å². The van der Waals surface area contributed by atoms with E-state index in [-0.39, 0.29) is 0 Å². The largest absolute Gasteiger partial charge is 0.219 e. The number of hydrogen-bond donors (Lipinski definition) is 0. The summed E-state index contributed by atoms with van der Waals surface area (Å²) >= 11 is 12.5. The molecule has 0 atom stereocenters. The van der Waals surface area contributed by atoms with Gasteiger partial charge in [-0.15, -0.1) is 16.7 Å². The number of aromatic nitrogens is 3. The molecule has 3 nitrogen and oxygen atoms in total. The highest BCUT2D eigenvalue weighted by Crippen LogP contribution is 2.24. The van der Waals surface area contributed by atoms with Gasteiger partial charge >= 0.3 is 0 Å². The van der Waals surface area contributed by atoms with Crippen LogP contribution in [0.15, 0.2) is 33.3 Å². The highest BCUT2D eigenvalue weighted by atomic mass is 79.9. The normalized spacial score (nSPS) is 10.6. The topological polar surface area (TPSA) is 30.7 Å². The summed E-state index contributed by atoms with van der Waals surface area (Å²) in [6.07, 6.45) is 1.81. The molecular formula is C9H6Br2ClN3. The summed E-state index contributed by atoms with van der Waals surface area (Å²) in [5, 5.41) is 7.92. The first-order valence-corrected chi connectivity index (χ1v) is 6.25. The lowest BCUT2D eigenvalue weighted by molar-refractivity contribution is 0.797. The first-order chi connectivity index (χ1) is 7.20. The first-order valence-electron chi connectivity index (χ1n) is 4.13. The van der Waals surface area contributed by atoms with Gasteiger partial charge < -0.3 is 0 Å². The van der Waals surface area contributed by atoms with E-state index in [9.17, 15) is 0 Å². The predicted molar refractivity (Wildman–Crippen MR) is 66.3 cm³/mol. The minimum atomic E-state index is 0.367. The third-order valence-electron chi connectivity index (χ3n) is 1.83. The van der Waals surface area contributed by atoms with Gasteiger partial charge in [0, 0.05) is 8.95 Å². The van der Waals surface area contributed by atoms with Crippen LogP contribution in [0.25, 0.3) is 5.69 Å². The molecule has 0 aliphatic heterocycles. The van der Waals surface area contributed by atoms with Gasteiger partial charge in [0.1, 0.15) is 0 Å². The molecule has 0 aliphatic rings. The molecule has 1 heterocycles. The van der Waals surface area contributed by atoms with Gasteiger partial charge in [-0.1, -0.05) is 21.1 Å². The van der Waals surface area contributed by atoms with Gasteiger partial charge in [0.15, 0.2) is 0 Å². The van der Waals surface area contributed by atoms with Crippen LogP contribution in [0.5, 0.6) is 0 Å². The van der Waals surface area contributed by atoms with E-state index in [0.29, 0.717) is 5.88 Å². The Morgan fingerprint density at radius 1 is 1.33 bits per heavy atom. The van der Waals surface area contributed by atoms with Crippen LogP contribution in [0.2, 0.25) is 0 Å². The zero-order valence-corrected chi connectivity index (χ0v) is 11.4. The number of nitrogens with zero attached hydrogens (tertiary/aromatic N) is 3. The standard InChI is InChI=1S/C9H6Br2ClN3/c10-6-1-2-8(11)9(3-6)15-5-7(4-12)13-14-15/h1-3,5H,4H2. The number of rotatable bonds is 2. The molecule has 0 unspecified atom stereocenters. The van der Waals surface area contributed by atoms with E-state index in [4.69, 9.17) is 11.6 Å². The summed E-state index contributed by atoms with van der Waals surface area (Å²) in [5.41, 5.74) is 1.68. The molecular weight excluding hydrogens is 345 g/mol. The fraction of sp³-hybridized carbons (Fsp3) is 0.111. The van der Waals surface area contributed by atoms with Gasteiger partial charge in [0.05, 0.1) is 23.5 Å². The molecule has 0 saturated carbocycles. The van der Waals surface area contributed by atoms with Crippen molar-refractivity contribution in [3.05, 3.63) is 39.0 Å². The highest BCUT2D eigenvalue weighted by molar-refractivity contribution is 9.11. The average Bonchev–Trinajstić information content (AvgIpc) is 2.70. The molecule has 0 amide bonds. The molecule has 0 radical (unpaired) electrons. The zero-order chi connectivity index (χ0) is 10.8. The van der Waals surface area contributed by atoms with Crippen LogP contribution in [-0.4, -0.2) is 15.0 Å². The Labute approximate surface area is 109 Å². The third kappa shape index (κ3) is 2.41. The summed E-state index contributed by atoms with van der Waals surface area (Å²) in [6.45, 7) is 0. The summed E-state index contributed by atoms with van der Waals surface area (Å²) in [7, 11) is 0. The van der Waals surface area contributed by atoms with Crippen molar-refractivity contribution in [2.45, 2.75) is 5.88 Å². The van der Waals surface area contributed by atoms with Crippen molar-refractivity contribution in [3.63, 3.8) is 0 Å². The lowest BCUT2D eigenvalue weighted by Crippen LogP contribution is -1.95. The molecule has 2 rings (SSSR count). The fourth-order valence-electron chi connectivity index (χ4n) is 1.14. The number of benzene rings is 1. The molecule has 0 spiro atoms. The van der Waals surface area contributed by atoms with E-state index in [1.54, 1.807) is 10.9 Å². The number of halogens is 3. The second kappa shape index (κ2) is 4.63. The molecule has 0 N–H and O–H groups in total. The van der Waals surface area contributed by atoms with Gasteiger partial charge in [0.25, 0.3) is 0 Å². The first kappa shape index (κ1) is 11.1. The van der Waals surface area contributed by atoms with E-state index in [2.05, 4.69) is 42.2 Å². The smallest absolute Gasteiger partial charge is 0.0979 e. The van der Waals surface area contributed by atoms with Crippen molar-refractivity contribution >= 4 is 43.5 Å². The second-order valence-electron chi connectivity index (χ2n) is 2.88. The average molecular weight is 351 g/mol. The van der Waals surface area contributed by atoms with E-state index in [1.165, 1.54) is 0 Å². The zero-order valence-electron chi connectivity index (χ0n) is 7.49. The van der Waals surface area contributed by atoms with E-state index in [0.717, 1.165) is 20.3 Å². The molecule has 1 aromatic heterocycles. The quantitative estimate of drug-likeness (QED) is 0.775. The summed E-state index contributed by atoms with van der Waals surface area (Å²) in [5.74, 6) is 0.367. The molecule has 0 bridgehead atoms. The Kier molecular flexibility index (Phi) is 3.43. The molecule has 1 aromatic carbocycles. The van der Waals surface area contributed by atoms with Gasteiger partial charge in [0.2, 0.25) is 0 Å². The van der Waals surface area contributed by atoms with Crippen LogP contribution >= 0.6 is 43.5 Å². The minimum Gasteiger partial charge on any atom is -0.219 e. The molecule has 0 aliphatic carbocycles. The molecule has 15 heavy (non-hydrogen) atoms. The van der Waals surface area contributed by atoms with Crippen molar-refractivity contribution in [1.29, 1.82) is 0 Å². The Morgan fingerprint density at radius 3 is 2.80 bits per heavy atom. The SMILES string of the molecule is ClCc1cn(-c2cc(Br)ccc2Br)nn1. The Balaban J connectivity index is 2.48. The lowest BCUT2D eigenvalue weighted by Gasteiger charge is -2.03. The molecule has 0 fully saturated rings. The molecule has 78 valence electrons. The van der Waals surface area contributed by atoms with Crippen molar-refractivity contribution in [1.82, 2.24) is 15.0 Å². The van der Waals surface area contributed by atoms with Crippen LogP contribution < -0.4 is 0 Å². The van der Waals surface area contributed by atoms with Crippen LogP contribution in [0, 0.1) is 0 Å². The van der Waals surface area contributed by atoms with Crippen LogP contribution in [0.4, 0.5) is 0 Å². The van der Waals surface area contributed by atoms with E-state index < -0.39 is 0 Å². The Bertz CT molecular complexity index is 484. The third-order valence-corrected chi connectivity index (χ3v) is 3.27. The van der Waals surface area contributed by atoms with E-state index in [1.807, 2.05) is 18.2 Å². The van der Waals surface area contributed by atoms with Gasteiger partial charge in [-0.05, 0) is 34.1 Å². The highest BCUT2D eigenvalue weighted by Gasteiger charge is 2.06. The number of hydrogen-bond acceptors (Lipinski definition) is 2. The van der Waals surface area contributed by atoms with Crippen molar-refractivity contribution < 1.29 is 0 Å².